The molecule has 0 nitrogen and oxygen atoms in total. The van der Waals surface area contributed by atoms with E-state index in [-0.39, 0.29) is 25.9 Å². The third-order valence-electron chi connectivity index (χ3n) is 0.189. The number of hydrogen-bond donors (Lipinski definition) is 0. The Hall–Kier alpha value is 0.596. The van der Waals surface area contributed by atoms with Crippen LogP contribution in [0.2, 0.25) is 0 Å². The first-order valence-corrected chi connectivity index (χ1v) is 2.05. The van der Waals surface area contributed by atoms with Crippen LogP contribution < -0.4 is 0 Å². The Kier molecular flexibility index (Phi) is 6.37. The van der Waals surface area contributed by atoms with Crippen LogP contribution in [-0.2, 0) is 0 Å². The Balaban J connectivity index is -0.0000000600. The third kappa shape index (κ3) is 9.78. The van der Waals surface area contributed by atoms with Crippen LogP contribution in [0, 0.1) is 10.8 Å². The summed E-state index contributed by atoms with van der Waals surface area (Å²) >= 11 is 2.30. The van der Waals surface area contributed by atoms with E-state index in [1.807, 2.05) is 0 Å². The van der Waals surface area contributed by atoms with Crippen molar-refractivity contribution in [2.75, 3.05) is 0 Å². The van der Waals surface area contributed by atoms with Crippen molar-refractivity contribution in [1.29, 1.82) is 0 Å². The maximum atomic E-state index is 10.9. The molecule has 0 heterocycles. The zero-order chi connectivity index (χ0) is 5.91. The molecule has 0 bridgehead atoms. The molecule has 0 aliphatic heterocycles. The molecular weight excluding hydrogens is 197 g/mol. The second kappa shape index (κ2) is 4.47. The van der Waals surface area contributed by atoms with Crippen molar-refractivity contribution >= 4 is 39.0 Å². The molecule has 0 amide bonds. The van der Waals surface area contributed by atoms with Gasteiger partial charge < -0.3 is 2.85 Å². The van der Waals surface area contributed by atoms with E-state index < -0.39 is 6.18 Å². The van der Waals surface area contributed by atoms with Crippen molar-refractivity contribution < 1.29 is 16.0 Å². The molecule has 0 aromatic rings. The maximum Gasteiger partial charge on any atom is 2.00 e. The summed E-state index contributed by atoms with van der Waals surface area (Å²) in [7, 11) is 0. The van der Waals surface area contributed by atoms with Crippen molar-refractivity contribution in [3.8, 4) is 10.8 Å². The van der Waals surface area contributed by atoms with Crippen LogP contribution in [-0.4, -0.2) is 29.2 Å². The molecule has 8 heavy (non-hydrogen) atoms. The second-order valence-electron chi connectivity index (χ2n) is 0.717. The van der Waals surface area contributed by atoms with Crippen LogP contribution in [0.5, 0.6) is 0 Å². The molecule has 44 valence electrons. The molecule has 0 aliphatic carbocycles. The molecule has 0 aliphatic rings. The van der Waals surface area contributed by atoms with Crippen LogP contribution in [0.3, 0.4) is 0 Å². The van der Waals surface area contributed by atoms with Gasteiger partial charge in [-0.2, -0.15) is 13.2 Å². The Bertz CT molecular complexity index is 115. The molecule has 0 aromatic heterocycles. The van der Waals surface area contributed by atoms with Gasteiger partial charge in [-0.15, -0.1) is 0 Å². The van der Waals surface area contributed by atoms with E-state index in [2.05, 4.69) is 15.9 Å². The molecule has 0 saturated heterocycles. The van der Waals surface area contributed by atoms with Gasteiger partial charge in [-0.25, -0.2) is 0 Å². The van der Waals surface area contributed by atoms with E-state index in [9.17, 15) is 13.2 Å². The fraction of sp³-hybridized carbons (Fsp3) is 0.333. The molecule has 0 rings (SSSR count). The average Bonchev–Trinajstić information content (AvgIpc) is 1.30. The topological polar surface area (TPSA) is 0 Å². The standard InChI is InChI=1S/C3BrF3.Mg.2H/c4-2-1-3(5,6)7;;;/q;+2;2*-1. The maximum absolute atomic E-state index is 10.9. The second-order valence-corrected chi connectivity index (χ2v) is 1.11. The summed E-state index contributed by atoms with van der Waals surface area (Å²) in [6.45, 7) is 0. The van der Waals surface area contributed by atoms with Gasteiger partial charge in [0.05, 0.1) is 0 Å². The van der Waals surface area contributed by atoms with Gasteiger partial charge in [0.2, 0.25) is 0 Å². The molecule has 0 radical (unpaired) electrons. The molecule has 0 unspecified atom stereocenters. The molecular formula is C3H2BrF3Mg. The van der Waals surface area contributed by atoms with E-state index in [0.717, 1.165) is 5.92 Å². The summed E-state index contributed by atoms with van der Waals surface area (Å²) in [5.74, 6) is 0.951. The Morgan fingerprint density at radius 3 is 1.75 bits per heavy atom. The van der Waals surface area contributed by atoms with E-state index in [0.29, 0.717) is 0 Å². The summed E-state index contributed by atoms with van der Waals surface area (Å²) in [5, 5.41) is 0. The zero-order valence-corrected chi connectivity index (χ0v) is 6.72. The average molecular weight is 199 g/mol. The van der Waals surface area contributed by atoms with E-state index in [1.165, 1.54) is 0 Å². The van der Waals surface area contributed by atoms with Gasteiger partial charge in [0.1, 0.15) is 0 Å². The summed E-state index contributed by atoms with van der Waals surface area (Å²) in [5.41, 5.74) is 0. The Morgan fingerprint density at radius 1 is 1.38 bits per heavy atom. The minimum absolute atomic E-state index is 0. The summed E-state index contributed by atoms with van der Waals surface area (Å²) in [6.07, 6.45) is -4.36. The first kappa shape index (κ1) is 11.4. The fourth-order valence-electron chi connectivity index (χ4n) is 0.0536. The molecule has 0 spiro atoms. The van der Waals surface area contributed by atoms with Crippen molar-refractivity contribution in [2.24, 2.45) is 0 Å². The quantitative estimate of drug-likeness (QED) is 0.412. The molecule has 0 atom stereocenters. The number of hydrogen-bond acceptors (Lipinski definition) is 0. The number of halogens is 4. The first-order chi connectivity index (χ1) is 3.06. The van der Waals surface area contributed by atoms with Crippen LogP contribution >= 0.6 is 15.9 Å². The van der Waals surface area contributed by atoms with Crippen LogP contribution in [0.25, 0.3) is 0 Å². The first-order valence-electron chi connectivity index (χ1n) is 1.26. The summed E-state index contributed by atoms with van der Waals surface area (Å²) in [4.78, 5) is 1.55. The van der Waals surface area contributed by atoms with Gasteiger partial charge in [0.25, 0.3) is 0 Å². The predicted octanol–water partition coefficient (Wildman–Crippen LogP) is 1.75. The van der Waals surface area contributed by atoms with Crippen LogP contribution in [0.1, 0.15) is 2.85 Å². The molecule has 0 saturated carbocycles. The van der Waals surface area contributed by atoms with Gasteiger partial charge in [-0.1, -0.05) is 0 Å². The van der Waals surface area contributed by atoms with Crippen molar-refractivity contribution in [2.45, 2.75) is 6.18 Å². The number of alkyl halides is 3. The van der Waals surface area contributed by atoms with Crippen molar-refractivity contribution in [3.63, 3.8) is 0 Å². The van der Waals surface area contributed by atoms with Gasteiger partial charge in [-0.3, -0.25) is 0 Å². The zero-order valence-electron chi connectivity index (χ0n) is 5.72. The van der Waals surface area contributed by atoms with Crippen molar-refractivity contribution in [3.05, 3.63) is 0 Å². The van der Waals surface area contributed by atoms with Crippen LogP contribution in [0.15, 0.2) is 0 Å². The molecule has 0 aromatic carbocycles. The fourth-order valence-corrected chi connectivity index (χ4v) is 0.278. The monoisotopic (exact) mass is 198 g/mol. The normalized spacial score (nSPS) is 8.50. The molecule has 0 N–H and O–H groups in total. The van der Waals surface area contributed by atoms with Gasteiger partial charge in [0.15, 0.2) is 0 Å². The predicted molar refractivity (Wildman–Crippen MR) is 30.7 cm³/mol. The minimum atomic E-state index is -4.36. The third-order valence-corrected chi connectivity index (χ3v) is 0.387. The Labute approximate surface area is 72.1 Å². The van der Waals surface area contributed by atoms with Gasteiger partial charge in [0, 0.05) is 21.9 Å². The smallest absolute Gasteiger partial charge is 1.00 e. The van der Waals surface area contributed by atoms with Crippen LogP contribution in [0.4, 0.5) is 13.2 Å². The van der Waals surface area contributed by atoms with E-state index in [1.54, 1.807) is 4.83 Å². The Morgan fingerprint density at radius 2 is 1.75 bits per heavy atom. The van der Waals surface area contributed by atoms with Crippen molar-refractivity contribution in [1.82, 2.24) is 0 Å². The number of rotatable bonds is 0. The minimum Gasteiger partial charge on any atom is -1.00 e. The molecule has 5 heteroatoms. The van der Waals surface area contributed by atoms with E-state index in [4.69, 9.17) is 0 Å². The summed E-state index contributed by atoms with van der Waals surface area (Å²) in [6, 6.07) is 0. The molecule has 0 fully saturated rings. The SMILES string of the molecule is FC(F)(F)C#CBr.[H-].[H-].[Mg+2]. The summed E-state index contributed by atoms with van der Waals surface area (Å²) < 4.78 is 32.6. The van der Waals surface area contributed by atoms with Gasteiger partial charge in [-0.05, 0) is 4.83 Å². The van der Waals surface area contributed by atoms with E-state index >= 15 is 0 Å². The largest absolute Gasteiger partial charge is 2.00 e. The van der Waals surface area contributed by atoms with Gasteiger partial charge >= 0.3 is 29.2 Å².